The van der Waals surface area contributed by atoms with Crippen molar-refractivity contribution in [3.05, 3.63) is 70.9 Å². The molecule has 1 atom stereocenters. The number of benzene rings is 1. The molecule has 2 amide bonds. The third-order valence-corrected chi connectivity index (χ3v) is 6.54. The zero-order valence-corrected chi connectivity index (χ0v) is 19.1. The van der Waals surface area contributed by atoms with Crippen LogP contribution >= 0.6 is 0 Å². The highest BCUT2D eigenvalue weighted by molar-refractivity contribution is 5.95. The highest BCUT2D eigenvalue weighted by Crippen LogP contribution is 2.35. The summed E-state index contributed by atoms with van der Waals surface area (Å²) in [6, 6.07) is 9.85. The van der Waals surface area contributed by atoms with Crippen LogP contribution in [0.25, 0.3) is 0 Å². The lowest BCUT2D eigenvalue weighted by molar-refractivity contribution is -0.133. The number of carbonyl (C=O) groups excluding carboxylic acids is 2. The number of amides is 2. The lowest BCUT2D eigenvalue weighted by Gasteiger charge is -2.31. The minimum Gasteiger partial charge on any atom is -0.331 e. The number of nitrogens with zero attached hydrogens (tertiary/aromatic N) is 6. The van der Waals surface area contributed by atoms with Crippen molar-refractivity contribution in [2.75, 3.05) is 11.4 Å². The largest absolute Gasteiger partial charge is 0.331 e. The maximum Gasteiger partial charge on any atom is 0.244 e. The maximum atomic E-state index is 13.0. The molecule has 0 spiro atoms. The van der Waals surface area contributed by atoms with Gasteiger partial charge in [0.05, 0.1) is 12.6 Å². The molecule has 0 radical (unpaired) electrons. The van der Waals surface area contributed by atoms with Crippen LogP contribution in [0.4, 0.5) is 5.82 Å². The van der Waals surface area contributed by atoms with Gasteiger partial charge in [-0.25, -0.2) is 9.97 Å². The summed E-state index contributed by atoms with van der Waals surface area (Å²) in [7, 11) is 0. The molecular formula is C25H28N6O2. The molecule has 5 rings (SSSR count). The van der Waals surface area contributed by atoms with Gasteiger partial charge in [-0.05, 0) is 44.7 Å². The number of rotatable bonds is 5. The molecule has 0 aliphatic carbocycles. The zero-order chi connectivity index (χ0) is 22.9. The molecule has 0 N–H and O–H groups in total. The van der Waals surface area contributed by atoms with E-state index in [1.807, 2.05) is 17.9 Å². The fourth-order valence-electron chi connectivity index (χ4n) is 4.75. The molecule has 3 aromatic rings. The second-order valence-electron chi connectivity index (χ2n) is 8.88. The fraction of sp³-hybridized carbons (Fsp3) is 0.400. The predicted molar refractivity (Wildman–Crippen MR) is 123 cm³/mol. The molecule has 33 heavy (non-hydrogen) atoms. The lowest BCUT2D eigenvalue weighted by Crippen LogP contribution is -2.38. The first-order chi connectivity index (χ1) is 16.0. The molecule has 1 saturated heterocycles. The van der Waals surface area contributed by atoms with Gasteiger partial charge >= 0.3 is 0 Å². The highest BCUT2D eigenvalue weighted by Gasteiger charge is 2.35. The van der Waals surface area contributed by atoms with E-state index in [0.29, 0.717) is 37.6 Å². The van der Waals surface area contributed by atoms with Crippen LogP contribution in [0.5, 0.6) is 0 Å². The van der Waals surface area contributed by atoms with Crippen LogP contribution < -0.4 is 4.90 Å². The van der Waals surface area contributed by atoms with Crippen LogP contribution in [0, 0.1) is 13.8 Å². The molecule has 8 heteroatoms. The van der Waals surface area contributed by atoms with E-state index in [1.165, 1.54) is 5.56 Å². The Morgan fingerprint density at radius 2 is 1.94 bits per heavy atom. The van der Waals surface area contributed by atoms with E-state index < -0.39 is 0 Å². The molecule has 0 saturated carbocycles. The van der Waals surface area contributed by atoms with E-state index >= 15 is 0 Å². The van der Waals surface area contributed by atoms with Crippen molar-refractivity contribution in [1.82, 2.24) is 24.6 Å². The molecule has 170 valence electrons. The topological polar surface area (TPSA) is 84.2 Å². The molecule has 0 bridgehead atoms. The summed E-state index contributed by atoms with van der Waals surface area (Å²) < 4.78 is 1.64. The first-order valence-electron chi connectivity index (χ1n) is 11.5. The first kappa shape index (κ1) is 21.3. The van der Waals surface area contributed by atoms with E-state index in [0.717, 1.165) is 29.7 Å². The van der Waals surface area contributed by atoms with Crippen molar-refractivity contribution in [2.45, 2.75) is 58.7 Å². The quantitative estimate of drug-likeness (QED) is 0.604. The Kier molecular flexibility index (Phi) is 5.66. The van der Waals surface area contributed by atoms with Gasteiger partial charge in [-0.1, -0.05) is 29.8 Å². The summed E-state index contributed by atoms with van der Waals surface area (Å²) in [6.45, 7) is 5.39. The van der Waals surface area contributed by atoms with Gasteiger partial charge in [-0.2, -0.15) is 5.10 Å². The van der Waals surface area contributed by atoms with Crippen LogP contribution in [0.1, 0.15) is 53.5 Å². The normalized spacial score (nSPS) is 18.0. The summed E-state index contributed by atoms with van der Waals surface area (Å²) in [6.07, 6.45) is 6.29. The van der Waals surface area contributed by atoms with Gasteiger partial charge in [0.25, 0.3) is 0 Å². The monoisotopic (exact) mass is 444 g/mol. The Balaban J connectivity index is 1.45. The van der Waals surface area contributed by atoms with Gasteiger partial charge in [0.1, 0.15) is 12.4 Å². The number of anilines is 1. The predicted octanol–water partition coefficient (Wildman–Crippen LogP) is 3.13. The Labute approximate surface area is 193 Å². The standard InChI is InChI=1S/C25H28N6O2/c1-17-6-8-19(9-7-17)15-31-22(32)11-10-20-18(2)27-24(28-25(20)31)21-5-3-14-30(21)23(33)16-29-13-4-12-26-29/h4,6-9,12-13,21H,3,5,10-11,14-16H2,1-2H3/t21-/m1/s1. The molecular weight excluding hydrogens is 416 g/mol. The Hall–Kier alpha value is -3.55. The Morgan fingerprint density at radius 3 is 2.70 bits per heavy atom. The van der Waals surface area contributed by atoms with Gasteiger partial charge in [0, 0.05) is 36.6 Å². The van der Waals surface area contributed by atoms with Crippen LogP contribution in [0.15, 0.2) is 42.7 Å². The van der Waals surface area contributed by atoms with Crippen molar-refractivity contribution in [3.8, 4) is 0 Å². The number of likely N-dealkylation sites (tertiary alicyclic amines) is 1. The summed E-state index contributed by atoms with van der Waals surface area (Å²) in [5.74, 6) is 1.40. The van der Waals surface area contributed by atoms with Crippen LogP contribution in [0.2, 0.25) is 0 Å². The Morgan fingerprint density at radius 1 is 1.12 bits per heavy atom. The van der Waals surface area contributed by atoms with Gasteiger partial charge in [-0.15, -0.1) is 0 Å². The van der Waals surface area contributed by atoms with Gasteiger partial charge in [0.15, 0.2) is 5.82 Å². The molecule has 4 heterocycles. The molecule has 2 aromatic heterocycles. The van der Waals surface area contributed by atoms with Gasteiger partial charge < -0.3 is 4.90 Å². The zero-order valence-electron chi connectivity index (χ0n) is 19.1. The molecule has 2 aliphatic heterocycles. The third kappa shape index (κ3) is 4.25. The fourth-order valence-corrected chi connectivity index (χ4v) is 4.75. The lowest BCUT2D eigenvalue weighted by atomic mass is 10.0. The summed E-state index contributed by atoms with van der Waals surface area (Å²) in [5.41, 5.74) is 4.17. The minimum absolute atomic E-state index is 0.00719. The van der Waals surface area contributed by atoms with Crippen molar-refractivity contribution in [1.29, 1.82) is 0 Å². The number of carbonyl (C=O) groups is 2. The number of aryl methyl sites for hydroxylation is 2. The molecule has 1 fully saturated rings. The van der Waals surface area contributed by atoms with Gasteiger partial charge in [-0.3, -0.25) is 19.2 Å². The molecule has 0 unspecified atom stereocenters. The number of hydrogen-bond donors (Lipinski definition) is 0. The number of aromatic nitrogens is 4. The van der Waals surface area contributed by atoms with Crippen LogP contribution in [0.3, 0.4) is 0 Å². The highest BCUT2D eigenvalue weighted by atomic mass is 16.2. The molecule has 8 nitrogen and oxygen atoms in total. The minimum atomic E-state index is -0.185. The molecule has 1 aromatic carbocycles. The van der Waals surface area contributed by atoms with E-state index in [2.05, 4.69) is 36.3 Å². The Bertz CT molecular complexity index is 1170. The number of hydrogen-bond acceptors (Lipinski definition) is 5. The van der Waals surface area contributed by atoms with E-state index in [9.17, 15) is 9.59 Å². The number of fused-ring (bicyclic) bond motifs is 1. The van der Waals surface area contributed by atoms with Crippen LogP contribution in [-0.4, -0.2) is 43.0 Å². The van der Waals surface area contributed by atoms with Crippen molar-refractivity contribution >= 4 is 17.6 Å². The van der Waals surface area contributed by atoms with E-state index in [1.54, 1.807) is 22.0 Å². The summed E-state index contributed by atoms with van der Waals surface area (Å²) in [4.78, 5) is 39.3. The first-order valence-corrected chi connectivity index (χ1v) is 11.5. The average Bonchev–Trinajstić information content (AvgIpc) is 3.49. The van der Waals surface area contributed by atoms with E-state index in [4.69, 9.17) is 9.97 Å². The van der Waals surface area contributed by atoms with Crippen molar-refractivity contribution in [2.24, 2.45) is 0 Å². The molecule has 2 aliphatic rings. The smallest absolute Gasteiger partial charge is 0.244 e. The summed E-state index contributed by atoms with van der Waals surface area (Å²) >= 11 is 0. The average molecular weight is 445 g/mol. The second kappa shape index (κ2) is 8.77. The van der Waals surface area contributed by atoms with Crippen LogP contribution in [-0.2, 0) is 29.1 Å². The second-order valence-corrected chi connectivity index (χ2v) is 8.88. The maximum absolute atomic E-state index is 13.0. The SMILES string of the molecule is Cc1ccc(CN2C(=O)CCc3c(C)nc([C@H]4CCCN4C(=O)Cn4cccn4)nc32)cc1. The third-order valence-electron chi connectivity index (χ3n) is 6.54. The van der Waals surface area contributed by atoms with Crippen molar-refractivity contribution < 1.29 is 9.59 Å². The van der Waals surface area contributed by atoms with Crippen molar-refractivity contribution in [3.63, 3.8) is 0 Å². The summed E-state index contributed by atoms with van der Waals surface area (Å²) in [5, 5.41) is 4.15. The van der Waals surface area contributed by atoms with Gasteiger partial charge in [0.2, 0.25) is 11.8 Å². The van der Waals surface area contributed by atoms with E-state index in [-0.39, 0.29) is 24.4 Å².